The van der Waals surface area contributed by atoms with Crippen LogP contribution in [0.2, 0.25) is 0 Å². The molecule has 0 aliphatic rings. The van der Waals surface area contributed by atoms with E-state index in [1.165, 1.54) is 63.9 Å². The Morgan fingerprint density at radius 1 is 0.528 bits per heavy atom. The molecule has 2 unspecified atom stereocenters. The SMILES string of the molecule is CC/C=C\C/C=C\C/C=C\C/C=C\C/C=C\C/C=C\CCC(=O)NC(CS(=O)(=O)O)C(O)/C=C/CC/C=C/CC/C=C/CCCCCCCCCCC. The summed E-state index contributed by atoms with van der Waals surface area (Å²) in [5, 5.41) is 13.1. The number of rotatable bonds is 35. The van der Waals surface area contributed by atoms with Crippen molar-refractivity contribution in [2.75, 3.05) is 5.75 Å². The molecule has 0 fully saturated rings. The second-order valence-electron chi connectivity index (χ2n) is 13.5. The van der Waals surface area contributed by atoms with Crippen molar-refractivity contribution in [3.63, 3.8) is 0 Å². The molecule has 0 aromatic carbocycles. The van der Waals surface area contributed by atoms with Crippen molar-refractivity contribution >= 4 is 16.0 Å². The van der Waals surface area contributed by atoms with Gasteiger partial charge in [-0.1, -0.05) is 175 Å². The third-order valence-electron chi connectivity index (χ3n) is 8.42. The minimum absolute atomic E-state index is 0.153. The Hall–Kier alpha value is -3.00. The normalized spacial score (nSPS) is 14.4. The maximum Gasteiger partial charge on any atom is 0.267 e. The van der Waals surface area contributed by atoms with Gasteiger partial charge in [0, 0.05) is 6.42 Å². The van der Waals surface area contributed by atoms with E-state index in [-0.39, 0.29) is 12.3 Å². The maximum atomic E-state index is 12.5. The fraction of sp³-hybridized carbons (Fsp3) is 0.587. The van der Waals surface area contributed by atoms with Gasteiger partial charge in [-0.15, -0.1) is 0 Å². The number of unbranched alkanes of at least 4 members (excludes halogenated alkanes) is 11. The van der Waals surface area contributed by atoms with E-state index in [9.17, 15) is 22.9 Å². The first kappa shape index (κ1) is 50.0. The molecule has 0 aromatic heterocycles. The van der Waals surface area contributed by atoms with E-state index < -0.39 is 28.0 Å². The van der Waals surface area contributed by atoms with Crippen LogP contribution in [0.25, 0.3) is 0 Å². The zero-order valence-electron chi connectivity index (χ0n) is 33.3. The summed E-state index contributed by atoms with van der Waals surface area (Å²) in [4.78, 5) is 12.5. The number of hydrogen-bond donors (Lipinski definition) is 3. The Labute approximate surface area is 325 Å². The van der Waals surface area contributed by atoms with Crippen molar-refractivity contribution in [3.8, 4) is 0 Å². The topological polar surface area (TPSA) is 104 Å². The van der Waals surface area contributed by atoms with Crippen LogP contribution in [0.3, 0.4) is 0 Å². The van der Waals surface area contributed by atoms with E-state index >= 15 is 0 Å². The van der Waals surface area contributed by atoms with Gasteiger partial charge in [-0.2, -0.15) is 8.42 Å². The summed E-state index contributed by atoms with van der Waals surface area (Å²) in [5.74, 6) is -1.13. The highest BCUT2D eigenvalue weighted by Gasteiger charge is 2.24. The van der Waals surface area contributed by atoms with Crippen LogP contribution >= 0.6 is 0 Å². The zero-order chi connectivity index (χ0) is 38.9. The summed E-state index contributed by atoms with van der Waals surface area (Å²) in [7, 11) is -4.39. The summed E-state index contributed by atoms with van der Waals surface area (Å²) < 4.78 is 32.5. The van der Waals surface area contributed by atoms with E-state index in [2.05, 4.69) is 104 Å². The third-order valence-corrected chi connectivity index (χ3v) is 9.20. The quantitative estimate of drug-likeness (QED) is 0.0340. The van der Waals surface area contributed by atoms with Gasteiger partial charge in [0.2, 0.25) is 5.91 Å². The number of hydrogen-bond acceptors (Lipinski definition) is 4. The van der Waals surface area contributed by atoms with Crippen molar-refractivity contribution in [2.45, 2.75) is 167 Å². The third kappa shape index (κ3) is 40.0. The number of carbonyl (C=O) groups is 1. The molecule has 0 saturated heterocycles. The molecule has 0 saturated carbocycles. The minimum atomic E-state index is -4.39. The monoisotopic (exact) mass is 754 g/mol. The average Bonchev–Trinajstić information content (AvgIpc) is 3.12. The lowest BCUT2D eigenvalue weighted by Crippen LogP contribution is -2.46. The van der Waals surface area contributed by atoms with Gasteiger partial charge in [0.15, 0.2) is 0 Å². The van der Waals surface area contributed by atoms with Crippen molar-refractivity contribution in [2.24, 2.45) is 0 Å². The van der Waals surface area contributed by atoms with Crippen molar-refractivity contribution < 1.29 is 22.9 Å². The van der Waals surface area contributed by atoms with Gasteiger partial charge in [0.1, 0.15) is 0 Å². The molecule has 7 heteroatoms. The molecule has 0 heterocycles. The molecular weight excluding hydrogens is 679 g/mol. The lowest BCUT2D eigenvalue weighted by molar-refractivity contribution is -0.122. The van der Waals surface area contributed by atoms with Crippen LogP contribution in [0, 0.1) is 0 Å². The molecule has 1 amide bonds. The maximum absolute atomic E-state index is 12.5. The molecule has 2 atom stereocenters. The lowest BCUT2D eigenvalue weighted by atomic mass is 10.1. The summed E-state index contributed by atoms with van der Waals surface area (Å²) in [6.45, 7) is 4.40. The van der Waals surface area contributed by atoms with Gasteiger partial charge in [0.05, 0.1) is 17.9 Å². The van der Waals surface area contributed by atoms with E-state index in [1.807, 2.05) is 12.2 Å². The predicted molar refractivity (Wildman–Crippen MR) is 230 cm³/mol. The van der Waals surface area contributed by atoms with Crippen LogP contribution in [-0.4, -0.2) is 41.9 Å². The van der Waals surface area contributed by atoms with Crippen molar-refractivity contribution in [1.82, 2.24) is 5.32 Å². The Kier molecular flexibility index (Phi) is 36.5. The molecule has 0 aliphatic carbocycles. The minimum Gasteiger partial charge on any atom is -0.387 e. The van der Waals surface area contributed by atoms with Gasteiger partial charge in [-0.05, 0) is 83.5 Å². The lowest BCUT2D eigenvalue weighted by Gasteiger charge is -2.20. The van der Waals surface area contributed by atoms with Gasteiger partial charge >= 0.3 is 0 Å². The first-order chi connectivity index (χ1) is 25.8. The van der Waals surface area contributed by atoms with Crippen LogP contribution in [0.1, 0.15) is 155 Å². The highest BCUT2D eigenvalue weighted by atomic mass is 32.2. The summed E-state index contributed by atoms with van der Waals surface area (Å²) in [6.07, 6.45) is 59.4. The van der Waals surface area contributed by atoms with Crippen LogP contribution in [0.4, 0.5) is 0 Å². The zero-order valence-corrected chi connectivity index (χ0v) is 34.2. The van der Waals surface area contributed by atoms with Gasteiger partial charge < -0.3 is 10.4 Å². The largest absolute Gasteiger partial charge is 0.387 e. The Morgan fingerprint density at radius 3 is 1.40 bits per heavy atom. The van der Waals surface area contributed by atoms with E-state index in [0.29, 0.717) is 12.8 Å². The fourth-order valence-corrected chi connectivity index (χ4v) is 6.12. The highest BCUT2D eigenvalue weighted by Crippen LogP contribution is 2.11. The fourth-order valence-electron chi connectivity index (χ4n) is 5.38. The Morgan fingerprint density at radius 2 is 0.925 bits per heavy atom. The standard InChI is InChI=1S/C46H75NO5S/c1-3-5-7-9-11-13-15-17-19-21-23-25-27-29-31-33-35-37-39-41-45(48)44(43-53(50,51)52)47-46(49)42-40-38-36-34-32-30-28-26-24-22-20-18-16-14-12-10-8-6-4-2/h6,8,12,14,18,20,23-26,30-33,36,38-39,41,44-45,48H,3-5,7,9-11,13,15-17,19,21-22,27-29,34-35,37,40,42-43H2,1-2H3,(H,47,49)(H,50,51,52)/b8-6-,14-12-,20-18-,25-23+,26-24-,32-30-,33-31+,38-36-,41-39+. The molecule has 0 aromatic rings. The van der Waals surface area contributed by atoms with Gasteiger partial charge in [-0.3, -0.25) is 9.35 Å². The van der Waals surface area contributed by atoms with Gasteiger partial charge in [0.25, 0.3) is 10.1 Å². The van der Waals surface area contributed by atoms with E-state index in [4.69, 9.17) is 0 Å². The van der Waals surface area contributed by atoms with Crippen LogP contribution in [-0.2, 0) is 14.9 Å². The van der Waals surface area contributed by atoms with Crippen LogP contribution in [0.15, 0.2) is 109 Å². The van der Waals surface area contributed by atoms with E-state index in [1.54, 1.807) is 6.08 Å². The highest BCUT2D eigenvalue weighted by molar-refractivity contribution is 7.85. The van der Waals surface area contributed by atoms with Crippen LogP contribution < -0.4 is 5.32 Å². The molecule has 0 radical (unpaired) electrons. The molecule has 3 N–H and O–H groups in total. The second-order valence-corrected chi connectivity index (χ2v) is 15.0. The molecule has 300 valence electrons. The Balaban J connectivity index is 4.17. The van der Waals surface area contributed by atoms with Crippen LogP contribution in [0.5, 0.6) is 0 Å². The van der Waals surface area contributed by atoms with E-state index in [0.717, 1.165) is 64.2 Å². The van der Waals surface area contributed by atoms with Crippen molar-refractivity contribution in [1.29, 1.82) is 0 Å². The number of amides is 1. The first-order valence-electron chi connectivity index (χ1n) is 20.6. The number of aliphatic hydroxyl groups excluding tert-OH is 1. The first-order valence-corrected chi connectivity index (χ1v) is 22.2. The molecule has 0 bridgehead atoms. The smallest absolute Gasteiger partial charge is 0.267 e. The summed E-state index contributed by atoms with van der Waals surface area (Å²) in [6, 6.07) is -1.13. The number of carbonyl (C=O) groups excluding carboxylic acids is 1. The second kappa shape index (κ2) is 38.7. The number of allylic oxidation sites excluding steroid dienone is 17. The molecule has 0 rings (SSSR count). The molecule has 53 heavy (non-hydrogen) atoms. The molecule has 0 spiro atoms. The Bertz CT molecular complexity index is 1240. The summed E-state index contributed by atoms with van der Waals surface area (Å²) >= 11 is 0. The summed E-state index contributed by atoms with van der Waals surface area (Å²) in [5.41, 5.74) is 0. The average molecular weight is 754 g/mol. The molecule has 0 aliphatic heterocycles. The van der Waals surface area contributed by atoms with Crippen molar-refractivity contribution in [3.05, 3.63) is 109 Å². The molecular formula is C46H75NO5S. The number of nitrogens with one attached hydrogen (secondary N) is 1. The molecule has 6 nitrogen and oxygen atoms in total. The number of aliphatic hydroxyl groups is 1. The predicted octanol–water partition coefficient (Wildman–Crippen LogP) is 12.3. The van der Waals surface area contributed by atoms with Gasteiger partial charge in [-0.25, -0.2) is 0 Å².